The lowest BCUT2D eigenvalue weighted by molar-refractivity contribution is -0.0318. The van der Waals surface area contributed by atoms with Gasteiger partial charge in [0.25, 0.3) is 0 Å². The first kappa shape index (κ1) is 20.4. The Kier molecular flexibility index (Phi) is 8.71. The second-order valence-corrected chi connectivity index (χ2v) is 8.08. The summed E-state index contributed by atoms with van der Waals surface area (Å²) >= 11 is 1.83. The molecule has 0 aliphatic carbocycles. The van der Waals surface area contributed by atoms with Crippen LogP contribution in [0.15, 0.2) is 22.5 Å². The number of hydrogen-bond donors (Lipinski definition) is 2. The smallest absolute Gasteiger partial charge is 0.191 e. The molecule has 0 saturated carbocycles. The Morgan fingerprint density at radius 1 is 1.30 bits per heavy atom. The number of guanidine groups is 1. The lowest BCUT2D eigenvalue weighted by Gasteiger charge is -2.33. The number of nitrogens with zero attached hydrogens (tertiary/aromatic N) is 2. The minimum Gasteiger partial charge on any atom is -0.381 e. The quantitative estimate of drug-likeness (QED) is 0.403. The monoisotopic (exact) mass is 394 g/mol. The highest BCUT2D eigenvalue weighted by Crippen LogP contribution is 2.24. The third-order valence-corrected chi connectivity index (χ3v) is 6.02. The molecule has 2 saturated heterocycles. The molecule has 0 spiro atoms. The molecule has 152 valence electrons. The lowest BCUT2D eigenvalue weighted by atomic mass is 10.1. The van der Waals surface area contributed by atoms with Crippen molar-refractivity contribution in [3.05, 3.63) is 17.5 Å². The van der Waals surface area contributed by atoms with E-state index >= 15 is 0 Å². The Labute approximate surface area is 167 Å². The molecule has 1 aromatic rings. The molecule has 0 bridgehead atoms. The molecule has 0 radical (unpaired) electrons. The van der Waals surface area contributed by atoms with E-state index in [2.05, 4.69) is 40.0 Å². The van der Waals surface area contributed by atoms with E-state index in [1.807, 2.05) is 11.3 Å². The van der Waals surface area contributed by atoms with Gasteiger partial charge in [-0.15, -0.1) is 11.3 Å². The summed E-state index contributed by atoms with van der Waals surface area (Å²) in [6, 6.07) is 4.84. The van der Waals surface area contributed by atoms with Gasteiger partial charge in [0.2, 0.25) is 0 Å². The van der Waals surface area contributed by atoms with Crippen LogP contribution in [0, 0.1) is 0 Å². The normalized spacial score (nSPS) is 20.0. The summed E-state index contributed by atoms with van der Waals surface area (Å²) in [6.07, 6.45) is 5.69. The Bertz CT molecular complexity index is 538. The molecule has 0 atom stereocenters. The number of hydrogen-bond acceptors (Lipinski definition) is 5. The van der Waals surface area contributed by atoms with Crippen LogP contribution in [0.1, 0.15) is 39.0 Å². The lowest BCUT2D eigenvalue weighted by Crippen LogP contribution is -2.48. The van der Waals surface area contributed by atoms with E-state index in [1.54, 1.807) is 0 Å². The van der Waals surface area contributed by atoms with Crippen molar-refractivity contribution in [2.75, 3.05) is 50.9 Å². The SMILES string of the molecule is CCNC(=NCCCOC1CCOCC1)NC1CCN(c2cccs2)CC1. The van der Waals surface area contributed by atoms with E-state index in [1.165, 1.54) is 5.00 Å². The van der Waals surface area contributed by atoms with Crippen molar-refractivity contribution in [2.24, 2.45) is 4.99 Å². The number of thiophene rings is 1. The van der Waals surface area contributed by atoms with Gasteiger partial charge in [0.1, 0.15) is 0 Å². The van der Waals surface area contributed by atoms with Crippen LogP contribution in [0.3, 0.4) is 0 Å². The molecule has 1 aromatic heterocycles. The highest BCUT2D eigenvalue weighted by atomic mass is 32.1. The molecule has 3 rings (SSSR count). The summed E-state index contributed by atoms with van der Waals surface area (Å²) in [6.45, 7) is 8.47. The first-order valence-electron chi connectivity index (χ1n) is 10.4. The molecule has 2 aliphatic heterocycles. The van der Waals surface area contributed by atoms with Gasteiger partial charge >= 0.3 is 0 Å². The largest absolute Gasteiger partial charge is 0.381 e. The summed E-state index contributed by atoms with van der Waals surface area (Å²) in [5.41, 5.74) is 0. The average Bonchev–Trinajstić information content (AvgIpc) is 3.24. The molecule has 3 heterocycles. The minimum atomic E-state index is 0.377. The molecule has 27 heavy (non-hydrogen) atoms. The second-order valence-electron chi connectivity index (χ2n) is 7.15. The number of aliphatic imine (C=N–C) groups is 1. The zero-order valence-electron chi connectivity index (χ0n) is 16.5. The predicted octanol–water partition coefficient (Wildman–Crippen LogP) is 2.86. The van der Waals surface area contributed by atoms with Crippen LogP contribution in [0.5, 0.6) is 0 Å². The van der Waals surface area contributed by atoms with Crippen molar-refractivity contribution in [3.8, 4) is 0 Å². The van der Waals surface area contributed by atoms with Crippen molar-refractivity contribution in [2.45, 2.75) is 51.2 Å². The Morgan fingerprint density at radius 2 is 2.11 bits per heavy atom. The average molecular weight is 395 g/mol. The van der Waals surface area contributed by atoms with Crippen LogP contribution >= 0.6 is 11.3 Å². The summed E-state index contributed by atoms with van der Waals surface area (Å²) < 4.78 is 11.3. The van der Waals surface area contributed by atoms with Crippen LogP contribution in [-0.2, 0) is 9.47 Å². The van der Waals surface area contributed by atoms with Crippen LogP contribution in [-0.4, -0.2) is 64.1 Å². The number of anilines is 1. The van der Waals surface area contributed by atoms with E-state index in [0.717, 1.165) is 84.1 Å². The summed E-state index contributed by atoms with van der Waals surface area (Å²) in [4.78, 5) is 7.22. The Balaban J connectivity index is 1.34. The highest BCUT2D eigenvalue weighted by Gasteiger charge is 2.20. The number of nitrogens with one attached hydrogen (secondary N) is 2. The zero-order valence-corrected chi connectivity index (χ0v) is 17.3. The Hall–Kier alpha value is -1.31. The molecule has 0 amide bonds. The van der Waals surface area contributed by atoms with Gasteiger partial charge in [-0.1, -0.05) is 0 Å². The zero-order chi connectivity index (χ0) is 18.7. The number of ether oxygens (including phenoxy) is 2. The molecular formula is C20H34N4O2S. The summed E-state index contributed by atoms with van der Waals surface area (Å²) in [7, 11) is 0. The predicted molar refractivity (Wildman–Crippen MR) is 113 cm³/mol. The number of rotatable bonds is 8. The fraction of sp³-hybridized carbons (Fsp3) is 0.750. The van der Waals surface area contributed by atoms with E-state index in [4.69, 9.17) is 14.5 Å². The molecule has 2 aliphatic rings. The van der Waals surface area contributed by atoms with E-state index in [0.29, 0.717) is 12.1 Å². The van der Waals surface area contributed by atoms with Crippen molar-refractivity contribution in [1.29, 1.82) is 0 Å². The van der Waals surface area contributed by atoms with Crippen molar-refractivity contribution in [1.82, 2.24) is 10.6 Å². The molecule has 6 nitrogen and oxygen atoms in total. The van der Waals surface area contributed by atoms with Crippen molar-refractivity contribution >= 4 is 22.3 Å². The van der Waals surface area contributed by atoms with Gasteiger partial charge in [-0.3, -0.25) is 4.99 Å². The third kappa shape index (κ3) is 6.97. The minimum absolute atomic E-state index is 0.377. The molecule has 0 aromatic carbocycles. The van der Waals surface area contributed by atoms with E-state index in [9.17, 15) is 0 Å². The van der Waals surface area contributed by atoms with Crippen LogP contribution in [0.25, 0.3) is 0 Å². The van der Waals surface area contributed by atoms with Crippen molar-refractivity contribution < 1.29 is 9.47 Å². The summed E-state index contributed by atoms with van der Waals surface area (Å²) in [5, 5.41) is 10.5. The molecule has 2 fully saturated rings. The van der Waals surface area contributed by atoms with Gasteiger partial charge in [-0.2, -0.15) is 0 Å². The van der Waals surface area contributed by atoms with Gasteiger partial charge < -0.3 is 25.0 Å². The second kappa shape index (κ2) is 11.5. The fourth-order valence-electron chi connectivity index (χ4n) is 3.56. The van der Waals surface area contributed by atoms with Gasteiger partial charge in [0.15, 0.2) is 5.96 Å². The fourth-order valence-corrected chi connectivity index (χ4v) is 4.34. The van der Waals surface area contributed by atoms with Gasteiger partial charge in [0.05, 0.1) is 11.1 Å². The maximum atomic E-state index is 5.93. The van der Waals surface area contributed by atoms with Gasteiger partial charge in [0, 0.05) is 52.0 Å². The molecule has 2 N–H and O–H groups in total. The summed E-state index contributed by atoms with van der Waals surface area (Å²) in [5.74, 6) is 0.943. The standard InChI is InChI=1S/C20H34N4O2S/c1-2-21-20(22-10-4-13-26-18-8-14-25-15-9-18)23-17-6-11-24(12-7-17)19-5-3-16-27-19/h3,5,16-18H,2,4,6-15H2,1H3,(H2,21,22,23). The maximum Gasteiger partial charge on any atom is 0.191 e. The Morgan fingerprint density at radius 3 is 2.81 bits per heavy atom. The van der Waals surface area contributed by atoms with E-state index in [-0.39, 0.29) is 0 Å². The topological polar surface area (TPSA) is 58.1 Å². The first-order valence-corrected chi connectivity index (χ1v) is 11.3. The first-order chi connectivity index (χ1) is 13.3. The molecule has 0 unspecified atom stereocenters. The number of piperidine rings is 1. The third-order valence-electron chi connectivity index (χ3n) is 5.09. The van der Waals surface area contributed by atoms with Crippen molar-refractivity contribution in [3.63, 3.8) is 0 Å². The van der Waals surface area contributed by atoms with Crippen LogP contribution in [0.4, 0.5) is 5.00 Å². The van der Waals surface area contributed by atoms with Gasteiger partial charge in [-0.05, 0) is 56.5 Å². The maximum absolute atomic E-state index is 5.93. The van der Waals surface area contributed by atoms with Crippen LogP contribution < -0.4 is 15.5 Å². The van der Waals surface area contributed by atoms with Gasteiger partial charge in [-0.25, -0.2) is 0 Å². The molecular weight excluding hydrogens is 360 g/mol. The molecule has 7 heteroatoms. The highest BCUT2D eigenvalue weighted by molar-refractivity contribution is 7.14. The van der Waals surface area contributed by atoms with E-state index < -0.39 is 0 Å². The van der Waals surface area contributed by atoms with Crippen LogP contribution in [0.2, 0.25) is 0 Å².